The van der Waals surface area contributed by atoms with Crippen LogP contribution >= 0.6 is 11.6 Å². The minimum atomic E-state index is -3.99. The van der Waals surface area contributed by atoms with E-state index < -0.39 is 32.4 Å². The van der Waals surface area contributed by atoms with Crippen molar-refractivity contribution in [3.63, 3.8) is 0 Å². The summed E-state index contributed by atoms with van der Waals surface area (Å²) in [7, 11) is -3.99. The Morgan fingerprint density at radius 1 is 1.17 bits per heavy atom. The molecule has 0 amide bonds. The molecule has 0 bridgehead atoms. The van der Waals surface area contributed by atoms with Gasteiger partial charge in [-0.15, -0.1) is 0 Å². The molecule has 122 valence electrons. The first kappa shape index (κ1) is 16.5. The number of rotatable bonds is 4. The van der Waals surface area contributed by atoms with Crippen molar-refractivity contribution in [2.24, 2.45) is 5.41 Å². The highest BCUT2D eigenvalue weighted by Gasteiger charge is 2.77. The first-order valence-corrected chi connectivity index (χ1v) is 8.97. The summed E-state index contributed by atoms with van der Waals surface area (Å²) in [4.78, 5) is 11.8. The van der Waals surface area contributed by atoms with E-state index in [2.05, 4.69) is 0 Å². The average Bonchev–Trinajstić information content (AvgIpc) is 3.27. The van der Waals surface area contributed by atoms with E-state index >= 15 is 0 Å². The number of aliphatic carboxylic acids is 1. The number of halogens is 1. The topological polar surface area (TPSA) is 95.2 Å². The van der Waals surface area contributed by atoms with Gasteiger partial charge in [0.05, 0.1) is 11.0 Å². The van der Waals surface area contributed by atoms with Crippen LogP contribution in [0.25, 0.3) is 0 Å². The van der Waals surface area contributed by atoms with Crippen molar-refractivity contribution in [3.05, 3.63) is 65.2 Å². The number of carboxylic acids is 1. The number of hydrogen-bond donors (Lipinski definition) is 1. The van der Waals surface area contributed by atoms with Crippen LogP contribution in [0.3, 0.4) is 0 Å². The molecule has 1 saturated carbocycles. The third-order valence-electron chi connectivity index (χ3n) is 4.29. The number of sulfone groups is 1. The van der Waals surface area contributed by atoms with Gasteiger partial charge in [-0.05, 0) is 29.8 Å². The van der Waals surface area contributed by atoms with Crippen molar-refractivity contribution in [1.82, 2.24) is 0 Å². The highest BCUT2D eigenvalue weighted by Crippen LogP contribution is 2.64. The van der Waals surface area contributed by atoms with Crippen LogP contribution in [-0.4, -0.2) is 24.7 Å². The molecule has 1 aliphatic rings. The first-order chi connectivity index (χ1) is 11.4. The summed E-state index contributed by atoms with van der Waals surface area (Å²) in [6.07, 6.45) is 0. The molecular weight excluding hydrogens is 350 g/mol. The summed E-state index contributed by atoms with van der Waals surface area (Å²) in [5, 5.41) is 18.0. The van der Waals surface area contributed by atoms with Crippen LogP contribution in [0, 0.1) is 16.7 Å². The summed E-state index contributed by atoms with van der Waals surface area (Å²) in [6, 6.07) is 15.6. The maximum Gasteiger partial charge on any atom is 0.326 e. The lowest BCUT2D eigenvalue weighted by Gasteiger charge is -2.04. The monoisotopic (exact) mass is 361 g/mol. The van der Waals surface area contributed by atoms with E-state index in [1.54, 1.807) is 42.5 Å². The molecule has 3 atom stereocenters. The molecule has 3 rings (SSSR count). The maximum atomic E-state index is 12.9. The van der Waals surface area contributed by atoms with E-state index in [1.807, 2.05) is 0 Å². The number of carboxylic acid groups (broad SMARTS) is 1. The standard InChI is InChI=1S/C17H12ClNO4S/c18-12-6-4-5-11(9-12)14-15(17(14,10-19)16(20)21)24(22,23)13-7-2-1-3-8-13/h1-9,14-15H,(H,20,21)/t14-,15-,17-/m0/s1. The summed E-state index contributed by atoms with van der Waals surface area (Å²) in [6.45, 7) is 0. The third kappa shape index (κ3) is 2.29. The predicted octanol–water partition coefficient (Wildman–Crippen LogP) is 2.87. The molecule has 2 aromatic carbocycles. The Bertz CT molecular complexity index is 952. The van der Waals surface area contributed by atoms with Gasteiger partial charge in [0.25, 0.3) is 0 Å². The predicted molar refractivity (Wildman–Crippen MR) is 87.3 cm³/mol. The van der Waals surface area contributed by atoms with Gasteiger partial charge in [0.1, 0.15) is 5.25 Å². The average molecular weight is 362 g/mol. The van der Waals surface area contributed by atoms with Crippen LogP contribution < -0.4 is 0 Å². The summed E-state index contributed by atoms with van der Waals surface area (Å²) in [5.41, 5.74) is -1.59. The zero-order valence-electron chi connectivity index (χ0n) is 12.3. The maximum absolute atomic E-state index is 12.9. The number of hydrogen-bond acceptors (Lipinski definition) is 4. The third-order valence-corrected chi connectivity index (χ3v) is 6.76. The molecule has 0 aliphatic heterocycles. The molecule has 24 heavy (non-hydrogen) atoms. The highest BCUT2D eigenvalue weighted by molar-refractivity contribution is 7.92. The SMILES string of the molecule is N#C[C@]1(C(=O)O)[C@@H](c2cccc(Cl)c2)[C@@H]1S(=O)(=O)c1ccccc1. The Balaban J connectivity index is 2.16. The minimum Gasteiger partial charge on any atom is -0.480 e. The van der Waals surface area contributed by atoms with Crippen LogP contribution in [-0.2, 0) is 14.6 Å². The molecule has 0 heterocycles. The van der Waals surface area contributed by atoms with Crippen LogP contribution in [0.15, 0.2) is 59.5 Å². The van der Waals surface area contributed by atoms with Crippen molar-refractivity contribution in [2.45, 2.75) is 16.1 Å². The summed E-state index contributed by atoms with van der Waals surface area (Å²) in [5.74, 6) is -2.41. The number of nitriles is 1. The van der Waals surface area contributed by atoms with Crippen LogP contribution in [0.1, 0.15) is 11.5 Å². The Kier molecular flexibility index (Phi) is 3.86. The van der Waals surface area contributed by atoms with Crippen molar-refractivity contribution >= 4 is 27.4 Å². The lowest BCUT2D eigenvalue weighted by molar-refractivity contribution is -0.141. The van der Waals surface area contributed by atoms with Crippen LogP contribution in [0.2, 0.25) is 5.02 Å². The fraction of sp³-hybridized carbons (Fsp3) is 0.176. The normalized spacial score (nSPS) is 25.7. The van der Waals surface area contributed by atoms with Gasteiger partial charge < -0.3 is 5.11 Å². The van der Waals surface area contributed by atoms with E-state index in [4.69, 9.17) is 11.6 Å². The van der Waals surface area contributed by atoms with Crippen molar-refractivity contribution < 1.29 is 18.3 Å². The molecule has 1 fully saturated rings. The second kappa shape index (κ2) is 5.62. The quantitative estimate of drug-likeness (QED) is 0.903. The van der Waals surface area contributed by atoms with Gasteiger partial charge in [-0.25, -0.2) is 8.42 Å². The zero-order chi connectivity index (χ0) is 17.5. The van der Waals surface area contributed by atoms with Gasteiger partial charge >= 0.3 is 5.97 Å². The Labute approximate surface area is 144 Å². The van der Waals surface area contributed by atoms with Crippen LogP contribution in [0.5, 0.6) is 0 Å². The molecule has 1 N–H and O–H groups in total. The van der Waals surface area contributed by atoms with E-state index in [9.17, 15) is 23.6 Å². The second-order valence-corrected chi connectivity index (χ2v) is 8.10. The molecule has 0 radical (unpaired) electrons. The first-order valence-electron chi connectivity index (χ1n) is 7.04. The van der Waals surface area contributed by atoms with Gasteiger partial charge in [0.2, 0.25) is 0 Å². The molecule has 1 aliphatic carbocycles. The van der Waals surface area contributed by atoms with Gasteiger partial charge in [-0.2, -0.15) is 5.26 Å². The smallest absolute Gasteiger partial charge is 0.326 e. The molecule has 0 spiro atoms. The lowest BCUT2D eigenvalue weighted by atomic mass is 10.0. The van der Waals surface area contributed by atoms with Gasteiger partial charge in [0, 0.05) is 10.9 Å². The lowest BCUT2D eigenvalue weighted by Crippen LogP contribution is -2.22. The van der Waals surface area contributed by atoms with E-state index in [0.29, 0.717) is 10.6 Å². The Hall–Kier alpha value is -2.36. The van der Waals surface area contributed by atoms with Gasteiger partial charge in [-0.3, -0.25) is 4.79 Å². The minimum absolute atomic E-state index is 0.000373. The largest absolute Gasteiger partial charge is 0.480 e. The fourth-order valence-electron chi connectivity index (χ4n) is 3.11. The summed E-state index contributed by atoms with van der Waals surface area (Å²) >= 11 is 5.93. The Morgan fingerprint density at radius 2 is 1.83 bits per heavy atom. The van der Waals surface area contributed by atoms with Crippen molar-refractivity contribution in [2.75, 3.05) is 0 Å². The van der Waals surface area contributed by atoms with E-state index in [-0.39, 0.29) is 4.90 Å². The molecule has 0 aromatic heterocycles. The fourth-order valence-corrected chi connectivity index (χ4v) is 5.58. The molecule has 5 nitrogen and oxygen atoms in total. The second-order valence-electron chi connectivity index (χ2n) is 5.60. The molecule has 0 unspecified atom stereocenters. The number of nitrogens with zero attached hydrogens (tertiary/aromatic N) is 1. The Morgan fingerprint density at radius 3 is 2.38 bits per heavy atom. The molecule has 7 heteroatoms. The number of carbonyl (C=O) groups is 1. The van der Waals surface area contributed by atoms with Gasteiger partial charge in [0.15, 0.2) is 15.3 Å². The van der Waals surface area contributed by atoms with Gasteiger partial charge in [-0.1, -0.05) is 41.9 Å². The zero-order valence-corrected chi connectivity index (χ0v) is 13.8. The number of benzene rings is 2. The summed E-state index contributed by atoms with van der Waals surface area (Å²) < 4.78 is 25.8. The molecule has 2 aromatic rings. The van der Waals surface area contributed by atoms with E-state index in [0.717, 1.165) is 0 Å². The van der Waals surface area contributed by atoms with Crippen molar-refractivity contribution in [3.8, 4) is 6.07 Å². The molecular formula is C17H12ClNO4S. The highest BCUT2D eigenvalue weighted by atomic mass is 35.5. The van der Waals surface area contributed by atoms with E-state index in [1.165, 1.54) is 18.2 Å². The molecule has 0 saturated heterocycles. The van der Waals surface area contributed by atoms with Crippen LogP contribution in [0.4, 0.5) is 0 Å². The van der Waals surface area contributed by atoms with Crippen molar-refractivity contribution in [1.29, 1.82) is 5.26 Å².